The lowest BCUT2D eigenvalue weighted by Crippen LogP contribution is -2.35. The third kappa shape index (κ3) is 3.36. The summed E-state index contributed by atoms with van der Waals surface area (Å²) in [6.45, 7) is 1.10. The number of furan rings is 1. The minimum Gasteiger partial charge on any atom is -0.479 e. The number of ether oxygens (including phenoxy) is 1. The molecule has 1 aliphatic rings. The summed E-state index contributed by atoms with van der Waals surface area (Å²) >= 11 is 0. The van der Waals surface area contributed by atoms with E-state index in [2.05, 4.69) is 10.4 Å². The van der Waals surface area contributed by atoms with Gasteiger partial charge in [0.25, 0.3) is 11.8 Å². The van der Waals surface area contributed by atoms with Gasteiger partial charge in [0.1, 0.15) is 5.56 Å². The fourth-order valence-corrected chi connectivity index (χ4v) is 3.34. The van der Waals surface area contributed by atoms with Crippen molar-refractivity contribution in [1.82, 2.24) is 14.7 Å². The predicted molar refractivity (Wildman–Crippen MR) is 101 cm³/mol. The Hall–Kier alpha value is -3.55. The molecule has 2 amide bonds. The average molecular weight is 380 g/mol. The number of anilines is 1. The maximum Gasteiger partial charge on any atom is 0.289 e. The first-order chi connectivity index (χ1) is 13.5. The second-order valence-corrected chi connectivity index (χ2v) is 6.62. The van der Waals surface area contributed by atoms with Crippen molar-refractivity contribution in [2.24, 2.45) is 7.05 Å². The molecule has 3 heterocycles. The Morgan fingerprint density at radius 3 is 2.86 bits per heavy atom. The van der Waals surface area contributed by atoms with Gasteiger partial charge in [-0.2, -0.15) is 0 Å². The van der Waals surface area contributed by atoms with Gasteiger partial charge in [-0.3, -0.25) is 14.3 Å². The van der Waals surface area contributed by atoms with Gasteiger partial charge in [0, 0.05) is 32.0 Å². The molecule has 0 aliphatic carbocycles. The number of hydrogen-bond acceptors (Lipinski definition) is 5. The molecule has 28 heavy (non-hydrogen) atoms. The van der Waals surface area contributed by atoms with E-state index in [0.29, 0.717) is 30.1 Å². The number of hydrogen-bond donors (Lipinski definition) is 1. The molecule has 0 atom stereocenters. The lowest BCUT2D eigenvalue weighted by molar-refractivity contribution is 0.0702. The van der Waals surface area contributed by atoms with E-state index in [4.69, 9.17) is 9.15 Å². The van der Waals surface area contributed by atoms with Gasteiger partial charge in [-0.05, 0) is 41.8 Å². The molecule has 8 heteroatoms. The molecule has 0 saturated heterocycles. The number of aryl methyl sites for hydroxylation is 1. The Morgan fingerprint density at radius 2 is 2.11 bits per heavy atom. The number of benzene rings is 1. The number of fused-ring (bicyclic) bond motifs is 1. The highest BCUT2D eigenvalue weighted by molar-refractivity contribution is 6.05. The molecular formula is C20H20N4O4. The summed E-state index contributed by atoms with van der Waals surface area (Å²) in [5, 5.41) is 6.97. The highest BCUT2D eigenvalue weighted by atomic mass is 16.5. The van der Waals surface area contributed by atoms with Gasteiger partial charge in [0.15, 0.2) is 5.76 Å². The zero-order valence-electron chi connectivity index (χ0n) is 15.6. The van der Waals surface area contributed by atoms with Crippen molar-refractivity contribution in [3.05, 3.63) is 65.2 Å². The summed E-state index contributed by atoms with van der Waals surface area (Å²) < 4.78 is 11.9. The average Bonchev–Trinajstić information content (AvgIpc) is 3.36. The van der Waals surface area contributed by atoms with Crippen molar-refractivity contribution in [3.63, 3.8) is 0 Å². The number of amides is 2. The fraction of sp³-hybridized carbons (Fsp3) is 0.250. The molecule has 1 N–H and O–H groups in total. The smallest absolute Gasteiger partial charge is 0.289 e. The first-order valence-corrected chi connectivity index (χ1v) is 8.88. The van der Waals surface area contributed by atoms with Gasteiger partial charge >= 0.3 is 0 Å². The molecule has 4 rings (SSSR count). The summed E-state index contributed by atoms with van der Waals surface area (Å²) in [7, 11) is 3.20. The van der Waals surface area contributed by atoms with Crippen LogP contribution in [0.2, 0.25) is 0 Å². The minimum absolute atomic E-state index is 0.134. The van der Waals surface area contributed by atoms with Crippen LogP contribution in [0.15, 0.2) is 47.2 Å². The molecule has 0 saturated carbocycles. The van der Waals surface area contributed by atoms with E-state index in [0.717, 1.165) is 12.0 Å². The quantitative estimate of drug-likeness (QED) is 0.751. The monoisotopic (exact) mass is 380 g/mol. The molecule has 1 aromatic carbocycles. The van der Waals surface area contributed by atoms with Crippen LogP contribution < -0.4 is 10.1 Å². The van der Waals surface area contributed by atoms with E-state index < -0.39 is 0 Å². The topological polar surface area (TPSA) is 89.6 Å². The number of carbonyl (C=O) groups is 2. The van der Waals surface area contributed by atoms with Crippen molar-refractivity contribution in [2.75, 3.05) is 19.0 Å². The number of nitrogens with one attached hydrogen (secondary N) is 1. The fourth-order valence-electron chi connectivity index (χ4n) is 3.34. The number of methoxy groups -OCH3 is 1. The third-order valence-electron chi connectivity index (χ3n) is 4.73. The zero-order valence-corrected chi connectivity index (χ0v) is 15.6. The lowest BCUT2D eigenvalue weighted by Gasteiger charge is -2.28. The maximum atomic E-state index is 12.6. The zero-order chi connectivity index (χ0) is 19.7. The van der Waals surface area contributed by atoms with Crippen LogP contribution in [-0.4, -0.2) is 40.1 Å². The van der Waals surface area contributed by atoms with E-state index in [-0.39, 0.29) is 17.7 Å². The summed E-state index contributed by atoms with van der Waals surface area (Å²) in [5.74, 6) is 0.166. The first-order valence-electron chi connectivity index (χ1n) is 8.88. The SMILES string of the molecule is COc1nn(C)cc1C(=O)Nc1ccc2c(c1)CN(C(=O)c1ccco1)CC2. The standard InChI is InChI=1S/C20H20N4O4/c1-23-12-16(19(22-23)27-2)18(25)21-15-6-5-13-7-8-24(11-14(13)10-15)20(26)17-4-3-9-28-17/h3-6,9-10,12H,7-8,11H2,1-2H3,(H,21,25). The van der Waals surface area contributed by atoms with Crippen LogP contribution in [0.1, 0.15) is 32.0 Å². The lowest BCUT2D eigenvalue weighted by atomic mass is 9.98. The third-order valence-corrected chi connectivity index (χ3v) is 4.73. The molecule has 144 valence electrons. The molecule has 0 unspecified atom stereocenters. The van der Waals surface area contributed by atoms with Crippen LogP contribution in [0.4, 0.5) is 5.69 Å². The summed E-state index contributed by atoms with van der Waals surface area (Å²) in [6.07, 6.45) is 3.86. The van der Waals surface area contributed by atoms with Crippen molar-refractivity contribution in [1.29, 1.82) is 0 Å². The summed E-state index contributed by atoms with van der Waals surface area (Å²) in [6, 6.07) is 9.11. The second kappa shape index (κ2) is 7.22. The van der Waals surface area contributed by atoms with Crippen LogP contribution in [0.3, 0.4) is 0 Å². The Morgan fingerprint density at radius 1 is 1.25 bits per heavy atom. The molecule has 8 nitrogen and oxygen atoms in total. The largest absolute Gasteiger partial charge is 0.479 e. The highest BCUT2D eigenvalue weighted by Gasteiger charge is 2.24. The normalized spacial score (nSPS) is 13.1. The molecule has 2 aromatic heterocycles. The van der Waals surface area contributed by atoms with Crippen LogP contribution >= 0.6 is 0 Å². The van der Waals surface area contributed by atoms with E-state index in [9.17, 15) is 9.59 Å². The molecular weight excluding hydrogens is 360 g/mol. The number of carbonyl (C=O) groups excluding carboxylic acids is 2. The molecule has 0 bridgehead atoms. The van der Waals surface area contributed by atoms with E-state index in [1.54, 1.807) is 30.3 Å². The highest BCUT2D eigenvalue weighted by Crippen LogP contribution is 2.25. The van der Waals surface area contributed by atoms with Crippen molar-refractivity contribution < 1.29 is 18.7 Å². The van der Waals surface area contributed by atoms with Gasteiger partial charge in [-0.1, -0.05) is 6.07 Å². The summed E-state index contributed by atoms with van der Waals surface area (Å²) in [5.41, 5.74) is 3.18. The van der Waals surface area contributed by atoms with Crippen LogP contribution in [-0.2, 0) is 20.0 Å². The van der Waals surface area contributed by atoms with E-state index in [1.807, 2.05) is 18.2 Å². The van der Waals surface area contributed by atoms with Gasteiger partial charge < -0.3 is 19.4 Å². The molecule has 0 radical (unpaired) electrons. The van der Waals surface area contributed by atoms with Crippen molar-refractivity contribution >= 4 is 17.5 Å². The molecule has 0 fully saturated rings. The Bertz CT molecular complexity index is 1020. The molecule has 1 aliphatic heterocycles. The Labute approximate surface area is 161 Å². The van der Waals surface area contributed by atoms with Crippen molar-refractivity contribution in [3.8, 4) is 5.88 Å². The summed E-state index contributed by atoms with van der Waals surface area (Å²) in [4.78, 5) is 26.9. The number of rotatable bonds is 4. The van der Waals surface area contributed by atoms with Gasteiger partial charge in [-0.25, -0.2) is 0 Å². The predicted octanol–water partition coefficient (Wildman–Crippen LogP) is 2.47. The Kier molecular flexibility index (Phi) is 4.60. The van der Waals surface area contributed by atoms with Crippen LogP contribution in [0.5, 0.6) is 5.88 Å². The Balaban J connectivity index is 1.52. The van der Waals surface area contributed by atoms with Gasteiger partial charge in [0.2, 0.25) is 5.88 Å². The van der Waals surface area contributed by atoms with E-state index in [1.165, 1.54) is 23.6 Å². The first kappa shape index (κ1) is 17.8. The minimum atomic E-state index is -0.302. The van der Waals surface area contributed by atoms with Gasteiger partial charge in [0.05, 0.1) is 13.4 Å². The van der Waals surface area contributed by atoms with Crippen molar-refractivity contribution in [2.45, 2.75) is 13.0 Å². The molecule has 0 spiro atoms. The second-order valence-electron chi connectivity index (χ2n) is 6.62. The maximum absolute atomic E-state index is 12.6. The van der Waals surface area contributed by atoms with Crippen LogP contribution in [0, 0.1) is 0 Å². The van der Waals surface area contributed by atoms with Gasteiger partial charge in [-0.15, -0.1) is 5.10 Å². The number of nitrogens with zero attached hydrogens (tertiary/aromatic N) is 3. The number of aromatic nitrogens is 2. The van der Waals surface area contributed by atoms with Crippen LogP contribution in [0.25, 0.3) is 0 Å². The molecule has 3 aromatic rings. The van der Waals surface area contributed by atoms with E-state index >= 15 is 0 Å².